The minimum atomic E-state index is -0.414. The first-order valence-electron chi connectivity index (χ1n) is 7.42. The third kappa shape index (κ3) is 4.61. The van der Waals surface area contributed by atoms with Crippen LogP contribution in [0.4, 0.5) is 11.4 Å². The number of methoxy groups -OCH3 is 1. The zero-order chi connectivity index (χ0) is 17.7. The summed E-state index contributed by atoms with van der Waals surface area (Å²) in [5, 5.41) is 14.0. The van der Waals surface area contributed by atoms with E-state index >= 15 is 0 Å². The van der Waals surface area contributed by atoms with Gasteiger partial charge in [0.05, 0.1) is 22.6 Å². The molecule has 0 aromatic heterocycles. The van der Waals surface area contributed by atoms with Crippen LogP contribution < -0.4 is 14.8 Å². The number of nitro groups is 1. The second-order valence-electron chi connectivity index (χ2n) is 5.44. The van der Waals surface area contributed by atoms with Gasteiger partial charge in [0.25, 0.3) is 5.69 Å². The number of nitrogens with zero attached hydrogens (tertiary/aromatic N) is 1. The normalized spacial score (nSPS) is 10.5. The predicted molar refractivity (Wildman–Crippen MR) is 96.9 cm³/mol. The van der Waals surface area contributed by atoms with Crippen LogP contribution in [0.2, 0.25) is 0 Å². The maximum Gasteiger partial charge on any atom is 0.271 e. The molecule has 1 N–H and O–H groups in total. The lowest BCUT2D eigenvalue weighted by Gasteiger charge is -2.17. The number of halogens is 1. The lowest BCUT2D eigenvalue weighted by atomic mass is 10.2. The van der Waals surface area contributed by atoms with Crippen LogP contribution in [-0.4, -0.2) is 18.1 Å². The van der Waals surface area contributed by atoms with Crippen LogP contribution in [0.1, 0.15) is 19.4 Å². The Labute approximate surface area is 149 Å². The Bertz CT molecular complexity index is 735. The maximum absolute atomic E-state index is 10.8. The van der Waals surface area contributed by atoms with E-state index in [0.717, 1.165) is 10.0 Å². The van der Waals surface area contributed by atoms with Gasteiger partial charge in [-0.3, -0.25) is 10.1 Å². The second kappa shape index (κ2) is 8.01. The van der Waals surface area contributed by atoms with Crippen LogP contribution in [0, 0.1) is 10.1 Å². The van der Waals surface area contributed by atoms with Crippen LogP contribution in [0.25, 0.3) is 0 Å². The number of anilines is 1. The van der Waals surface area contributed by atoms with E-state index in [9.17, 15) is 10.1 Å². The van der Waals surface area contributed by atoms with Crippen LogP contribution in [0.5, 0.6) is 11.5 Å². The number of nitrogens with one attached hydrogen (secondary N) is 1. The molecule has 24 heavy (non-hydrogen) atoms. The number of rotatable bonds is 7. The van der Waals surface area contributed by atoms with Gasteiger partial charge in [-0.15, -0.1) is 0 Å². The predicted octanol–water partition coefficient (Wildman–Crippen LogP) is 4.77. The van der Waals surface area contributed by atoms with Gasteiger partial charge in [0, 0.05) is 24.4 Å². The Balaban J connectivity index is 2.17. The molecule has 7 heteroatoms. The van der Waals surface area contributed by atoms with Crippen LogP contribution in [0.15, 0.2) is 40.9 Å². The molecule has 0 aliphatic heterocycles. The Morgan fingerprint density at radius 1 is 1.29 bits per heavy atom. The molecular formula is C17H19BrN2O4. The molecule has 0 fully saturated rings. The van der Waals surface area contributed by atoms with Crippen molar-refractivity contribution in [3.8, 4) is 11.5 Å². The summed E-state index contributed by atoms with van der Waals surface area (Å²) in [6.45, 7) is 4.39. The maximum atomic E-state index is 10.8. The zero-order valence-corrected chi connectivity index (χ0v) is 15.3. The first-order valence-corrected chi connectivity index (χ1v) is 8.21. The zero-order valence-electron chi connectivity index (χ0n) is 13.7. The van der Waals surface area contributed by atoms with Crippen molar-refractivity contribution in [2.45, 2.75) is 26.5 Å². The average molecular weight is 395 g/mol. The largest absolute Gasteiger partial charge is 0.493 e. The lowest BCUT2D eigenvalue weighted by molar-refractivity contribution is -0.384. The van der Waals surface area contributed by atoms with Gasteiger partial charge < -0.3 is 14.8 Å². The molecule has 0 saturated carbocycles. The number of benzene rings is 2. The lowest BCUT2D eigenvalue weighted by Crippen LogP contribution is -2.08. The molecule has 2 aromatic carbocycles. The fraction of sp³-hybridized carbons (Fsp3) is 0.294. The molecule has 0 aliphatic rings. The minimum Gasteiger partial charge on any atom is -0.493 e. The van der Waals surface area contributed by atoms with Crippen LogP contribution in [0.3, 0.4) is 0 Å². The molecular weight excluding hydrogens is 376 g/mol. The smallest absolute Gasteiger partial charge is 0.271 e. The Morgan fingerprint density at radius 2 is 2.04 bits per heavy atom. The standard InChI is InChI=1S/C17H19BrN2O4/c1-11(2)24-17-15(18)7-12(8-16(17)23-3)10-19-13-5-4-6-14(9-13)20(21)22/h4-9,11,19H,10H2,1-3H3. The van der Waals surface area contributed by atoms with Gasteiger partial charge in [-0.05, 0) is 53.5 Å². The van der Waals surface area contributed by atoms with Gasteiger partial charge in [-0.25, -0.2) is 0 Å². The van der Waals surface area contributed by atoms with E-state index in [2.05, 4.69) is 21.2 Å². The molecule has 0 radical (unpaired) electrons. The summed E-state index contributed by atoms with van der Waals surface area (Å²) < 4.78 is 12.0. The molecule has 128 valence electrons. The highest BCUT2D eigenvalue weighted by Gasteiger charge is 2.13. The highest BCUT2D eigenvalue weighted by Crippen LogP contribution is 2.37. The summed E-state index contributed by atoms with van der Waals surface area (Å²) in [5.41, 5.74) is 1.70. The van der Waals surface area contributed by atoms with Crippen molar-refractivity contribution in [3.05, 3.63) is 56.5 Å². The molecule has 0 spiro atoms. The fourth-order valence-electron chi connectivity index (χ4n) is 2.16. The van der Waals surface area contributed by atoms with Gasteiger partial charge in [0.1, 0.15) is 0 Å². The fourth-order valence-corrected chi connectivity index (χ4v) is 2.74. The van der Waals surface area contributed by atoms with Crippen molar-refractivity contribution in [3.63, 3.8) is 0 Å². The molecule has 2 rings (SSSR count). The van der Waals surface area contributed by atoms with E-state index in [1.807, 2.05) is 26.0 Å². The topological polar surface area (TPSA) is 73.6 Å². The molecule has 0 heterocycles. The number of hydrogen-bond acceptors (Lipinski definition) is 5. The van der Waals surface area contributed by atoms with Gasteiger partial charge in [-0.1, -0.05) is 6.07 Å². The molecule has 0 aliphatic carbocycles. The second-order valence-corrected chi connectivity index (χ2v) is 6.29. The highest BCUT2D eigenvalue weighted by molar-refractivity contribution is 9.10. The summed E-state index contributed by atoms with van der Waals surface area (Å²) >= 11 is 3.50. The molecule has 0 bridgehead atoms. The van der Waals surface area contributed by atoms with E-state index < -0.39 is 4.92 Å². The van der Waals surface area contributed by atoms with Gasteiger partial charge in [0.2, 0.25) is 0 Å². The summed E-state index contributed by atoms with van der Waals surface area (Å²) in [7, 11) is 1.59. The average Bonchev–Trinajstić information content (AvgIpc) is 2.54. The third-order valence-corrected chi connectivity index (χ3v) is 3.79. The molecule has 0 unspecified atom stereocenters. The van der Waals surface area contributed by atoms with Gasteiger partial charge >= 0.3 is 0 Å². The Hall–Kier alpha value is -2.28. The van der Waals surface area contributed by atoms with Gasteiger partial charge in [0.15, 0.2) is 11.5 Å². The molecule has 2 aromatic rings. The van der Waals surface area contributed by atoms with Crippen LogP contribution >= 0.6 is 15.9 Å². The van der Waals surface area contributed by atoms with Crippen molar-refractivity contribution >= 4 is 27.3 Å². The van der Waals surface area contributed by atoms with Gasteiger partial charge in [-0.2, -0.15) is 0 Å². The van der Waals surface area contributed by atoms with Crippen molar-refractivity contribution < 1.29 is 14.4 Å². The Morgan fingerprint density at radius 3 is 2.67 bits per heavy atom. The van der Waals surface area contributed by atoms with E-state index in [4.69, 9.17) is 9.47 Å². The quantitative estimate of drug-likeness (QED) is 0.540. The first-order chi connectivity index (χ1) is 11.4. The summed E-state index contributed by atoms with van der Waals surface area (Å²) in [6, 6.07) is 10.2. The number of hydrogen-bond donors (Lipinski definition) is 1. The highest BCUT2D eigenvalue weighted by atomic mass is 79.9. The van der Waals surface area contributed by atoms with E-state index in [-0.39, 0.29) is 11.8 Å². The Kier molecular flexibility index (Phi) is 6.03. The van der Waals surface area contributed by atoms with E-state index in [0.29, 0.717) is 23.7 Å². The van der Waals surface area contributed by atoms with Crippen molar-refractivity contribution in [1.82, 2.24) is 0 Å². The SMILES string of the molecule is COc1cc(CNc2cccc([N+](=O)[O-])c2)cc(Br)c1OC(C)C. The van der Waals surface area contributed by atoms with Crippen molar-refractivity contribution in [1.29, 1.82) is 0 Å². The van der Waals surface area contributed by atoms with E-state index in [1.54, 1.807) is 19.2 Å². The first kappa shape index (κ1) is 18.1. The molecule has 0 atom stereocenters. The molecule has 0 amide bonds. The number of ether oxygens (including phenoxy) is 2. The summed E-state index contributed by atoms with van der Waals surface area (Å²) in [6.07, 6.45) is 0.0315. The molecule has 0 saturated heterocycles. The number of non-ortho nitro benzene ring substituents is 1. The minimum absolute atomic E-state index is 0.0315. The number of nitro benzene ring substituents is 1. The summed E-state index contributed by atoms with van der Waals surface area (Å²) in [5.74, 6) is 1.29. The monoisotopic (exact) mass is 394 g/mol. The van der Waals surface area contributed by atoms with Crippen molar-refractivity contribution in [2.24, 2.45) is 0 Å². The van der Waals surface area contributed by atoms with Crippen LogP contribution in [-0.2, 0) is 6.54 Å². The third-order valence-electron chi connectivity index (χ3n) is 3.20. The van der Waals surface area contributed by atoms with E-state index in [1.165, 1.54) is 12.1 Å². The van der Waals surface area contributed by atoms with Crippen molar-refractivity contribution in [2.75, 3.05) is 12.4 Å². The summed E-state index contributed by atoms with van der Waals surface area (Å²) in [4.78, 5) is 10.4. The molecule has 6 nitrogen and oxygen atoms in total.